The zero-order valence-corrected chi connectivity index (χ0v) is 14.2. The lowest BCUT2D eigenvalue weighted by atomic mass is 10.1. The molecule has 0 aliphatic rings. The predicted molar refractivity (Wildman–Crippen MR) is 83.6 cm³/mol. The van der Waals surface area contributed by atoms with E-state index >= 15 is 0 Å². The molecule has 0 N–H and O–H groups in total. The minimum atomic E-state index is -0.303. The van der Waals surface area contributed by atoms with Crippen molar-refractivity contribution >= 4 is 15.9 Å². The largest absolute Gasteiger partial charge is 0.482 e. The van der Waals surface area contributed by atoms with Crippen LogP contribution >= 0.6 is 15.9 Å². The van der Waals surface area contributed by atoms with Crippen molar-refractivity contribution in [1.29, 1.82) is 0 Å². The quantitative estimate of drug-likeness (QED) is 0.650. The van der Waals surface area contributed by atoms with Crippen LogP contribution in [0.25, 0.3) is 0 Å². The fourth-order valence-corrected chi connectivity index (χ4v) is 2.25. The van der Waals surface area contributed by atoms with Crippen molar-refractivity contribution in [2.75, 3.05) is 0 Å². The number of ether oxygens (including phenoxy) is 1. The second-order valence-corrected chi connectivity index (χ2v) is 6.21. The molecule has 1 unspecified atom stereocenters. The van der Waals surface area contributed by atoms with Gasteiger partial charge >= 0.3 is 0 Å². The normalized spacial score (nSPS) is 12.5. The van der Waals surface area contributed by atoms with Gasteiger partial charge in [-0.3, -0.25) is 0 Å². The summed E-state index contributed by atoms with van der Waals surface area (Å²) in [5.41, 5.74) is 0. The Morgan fingerprint density at radius 3 is 2.70 bits per heavy atom. The number of hydrogen-bond donors (Lipinski definition) is 0. The minimum absolute atomic E-state index is 0.178. The van der Waals surface area contributed by atoms with Gasteiger partial charge in [-0.05, 0) is 40.6 Å². The summed E-state index contributed by atoms with van der Waals surface area (Å²) in [7, 11) is 0. The number of aromatic nitrogens is 6. The molecule has 1 atom stereocenters. The Hall–Kier alpha value is -2.29. The van der Waals surface area contributed by atoms with E-state index in [4.69, 9.17) is 9.26 Å². The molecule has 0 aliphatic carbocycles. The summed E-state index contributed by atoms with van der Waals surface area (Å²) in [6, 6.07) is 7.63. The lowest BCUT2D eigenvalue weighted by Crippen LogP contribution is -2.16. The first kappa shape index (κ1) is 15.6. The van der Waals surface area contributed by atoms with Crippen LogP contribution in [0, 0.1) is 5.92 Å². The van der Waals surface area contributed by atoms with E-state index in [1.165, 1.54) is 11.0 Å². The maximum atomic E-state index is 6.01. The summed E-state index contributed by atoms with van der Waals surface area (Å²) in [6.07, 6.45) is 1.19. The zero-order valence-electron chi connectivity index (χ0n) is 12.6. The van der Waals surface area contributed by atoms with E-state index in [-0.39, 0.29) is 12.0 Å². The van der Waals surface area contributed by atoms with Crippen molar-refractivity contribution < 1.29 is 9.26 Å². The minimum Gasteiger partial charge on any atom is -0.482 e. The fraction of sp³-hybridized carbons (Fsp3) is 0.357. The molecule has 0 saturated carbocycles. The third-order valence-electron chi connectivity index (χ3n) is 3.11. The van der Waals surface area contributed by atoms with Crippen LogP contribution in [0.3, 0.4) is 0 Å². The van der Waals surface area contributed by atoms with Gasteiger partial charge in [-0.1, -0.05) is 34.9 Å². The van der Waals surface area contributed by atoms with Crippen LogP contribution in [-0.4, -0.2) is 30.3 Å². The van der Waals surface area contributed by atoms with Gasteiger partial charge in [0.05, 0.1) is 0 Å². The molecule has 0 radical (unpaired) electrons. The molecule has 0 saturated heterocycles. The molecule has 0 fully saturated rings. The SMILES string of the molecule is CC(C)C(Oc1ccc(Br)cc1)c1noc(Cn2cnnn2)n1. The Morgan fingerprint density at radius 2 is 2.04 bits per heavy atom. The number of tetrazole rings is 1. The second kappa shape index (κ2) is 6.86. The van der Waals surface area contributed by atoms with E-state index in [9.17, 15) is 0 Å². The highest BCUT2D eigenvalue weighted by atomic mass is 79.9. The topological polar surface area (TPSA) is 91.8 Å². The van der Waals surface area contributed by atoms with E-state index in [2.05, 4.69) is 41.6 Å². The average Bonchev–Trinajstić information content (AvgIpc) is 3.19. The van der Waals surface area contributed by atoms with Gasteiger partial charge in [0.25, 0.3) is 0 Å². The average molecular weight is 379 g/mol. The van der Waals surface area contributed by atoms with Crippen LogP contribution in [0.1, 0.15) is 31.7 Å². The molecule has 9 heteroatoms. The highest BCUT2D eigenvalue weighted by Gasteiger charge is 2.24. The maximum absolute atomic E-state index is 6.01. The van der Waals surface area contributed by atoms with Gasteiger partial charge in [0.1, 0.15) is 18.6 Å². The standard InChI is InChI=1S/C14H15BrN6O2/c1-9(2)13(22-11-5-3-10(15)4-6-11)14-17-12(23-18-14)7-21-8-16-19-20-21/h3-6,8-9,13H,7H2,1-2H3. The molecule has 1 aromatic carbocycles. The molecule has 3 rings (SSSR count). The van der Waals surface area contributed by atoms with Crippen LogP contribution in [-0.2, 0) is 6.54 Å². The van der Waals surface area contributed by atoms with Gasteiger partial charge in [-0.15, -0.1) is 5.10 Å². The number of benzene rings is 1. The van der Waals surface area contributed by atoms with Gasteiger partial charge < -0.3 is 9.26 Å². The Kier molecular flexibility index (Phi) is 4.65. The van der Waals surface area contributed by atoms with Gasteiger partial charge in [0.15, 0.2) is 6.10 Å². The molecule has 23 heavy (non-hydrogen) atoms. The molecule has 3 aromatic rings. The van der Waals surface area contributed by atoms with Crippen LogP contribution in [0.4, 0.5) is 0 Å². The summed E-state index contributed by atoms with van der Waals surface area (Å²) < 4.78 is 13.8. The number of rotatable bonds is 6. The Balaban J connectivity index is 1.75. The van der Waals surface area contributed by atoms with Crippen LogP contribution in [0.2, 0.25) is 0 Å². The van der Waals surface area contributed by atoms with Crippen molar-refractivity contribution in [1.82, 2.24) is 30.3 Å². The molecule has 2 heterocycles. The van der Waals surface area contributed by atoms with Crippen molar-refractivity contribution in [3.63, 3.8) is 0 Å². The summed E-state index contributed by atoms with van der Waals surface area (Å²) in [4.78, 5) is 4.39. The van der Waals surface area contributed by atoms with Crippen molar-refractivity contribution in [2.24, 2.45) is 5.92 Å². The molecule has 2 aromatic heterocycles. The lowest BCUT2D eigenvalue weighted by molar-refractivity contribution is 0.141. The number of nitrogens with zero attached hydrogens (tertiary/aromatic N) is 6. The smallest absolute Gasteiger partial charge is 0.248 e. The van der Waals surface area contributed by atoms with E-state index in [0.29, 0.717) is 18.3 Å². The summed E-state index contributed by atoms with van der Waals surface area (Å²) in [5, 5.41) is 14.9. The number of halogens is 1. The second-order valence-electron chi connectivity index (χ2n) is 5.29. The van der Waals surface area contributed by atoms with Crippen molar-refractivity contribution in [2.45, 2.75) is 26.5 Å². The molecular formula is C14H15BrN6O2. The van der Waals surface area contributed by atoms with E-state index in [1.807, 2.05) is 38.1 Å². The first-order valence-electron chi connectivity index (χ1n) is 7.07. The molecule has 0 amide bonds. The summed E-state index contributed by atoms with van der Waals surface area (Å²) >= 11 is 3.40. The number of hydrogen-bond acceptors (Lipinski definition) is 7. The molecule has 0 aliphatic heterocycles. The predicted octanol–water partition coefficient (Wildman–Crippen LogP) is 2.64. The molecule has 120 valence electrons. The van der Waals surface area contributed by atoms with Crippen LogP contribution < -0.4 is 4.74 Å². The maximum Gasteiger partial charge on any atom is 0.248 e. The Labute approximate surface area is 141 Å². The molecule has 0 spiro atoms. The van der Waals surface area contributed by atoms with E-state index in [1.54, 1.807) is 0 Å². The summed E-state index contributed by atoms with van der Waals surface area (Å²) in [5.74, 6) is 1.86. The van der Waals surface area contributed by atoms with Gasteiger partial charge in [0.2, 0.25) is 11.7 Å². The molecule has 8 nitrogen and oxygen atoms in total. The van der Waals surface area contributed by atoms with E-state index in [0.717, 1.165) is 10.2 Å². The van der Waals surface area contributed by atoms with Crippen LogP contribution in [0.15, 0.2) is 39.6 Å². The Bertz CT molecular complexity index is 741. The first-order valence-corrected chi connectivity index (χ1v) is 7.86. The van der Waals surface area contributed by atoms with E-state index < -0.39 is 0 Å². The molecular weight excluding hydrogens is 364 g/mol. The van der Waals surface area contributed by atoms with Crippen molar-refractivity contribution in [3.8, 4) is 5.75 Å². The van der Waals surface area contributed by atoms with Crippen LogP contribution in [0.5, 0.6) is 5.75 Å². The first-order chi connectivity index (χ1) is 11.1. The van der Waals surface area contributed by atoms with Gasteiger partial charge in [0, 0.05) is 4.47 Å². The monoisotopic (exact) mass is 378 g/mol. The zero-order chi connectivity index (χ0) is 16.2. The van der Waals surface area contributed by atoms with Gasteiger partial charge in [-0.25, -0.2) is 4.68 Å². The van der Waals surface area contributed by atoms with Gasteiger partial charge in [-0.2, -0.15) is 4.98 Å². The summed E-state index contributed by atoms with van der Waals surface area (Å²) in [6.45, 7) is 4.41. The highest BCUT2D eigenvalue weighted by Crippen LogP contribution is 2.27. The fourth-order valence-electron chi connectivity index (χ4n) is 1.99. The van der Waals surface area contributed by atoms with Crippen molar-refractivity contribution in [3.05, 3.63) is 46.8 Å². The molecule has 0 bridgehead atoms. The third kappa shape index (κ3) is 3.92. The highest BCUT2D eigenvalue weighted by molar-refractivity contribution is 9.10. The lowest BCUT2D eigenvalue weighted by Gasteiger charge is -2.19. The third-order valence-corrected chi connectivity index (χ3v) is 3.64. The Morgan fingerprint density at radius 1 is 1.26 bits per heavy atom.